The molecule has 2 aliphatic carbocycles. The van der Waals surface area contributed by atoms with Gasteiger partial charge in [0, 0.05) is 0 Å². The van der Waals surface area contributed by atoms with Gasteiger partial charge in [0.1, 0.15) is 0 Å². The number of benzene rings is 4. The zero-order chi connectivity index (χ0) is 31.4. The monoisotopic (exact) mass is 640 g/mol. The molecule has 0 heterocycles. The summed E-state index contributed by atoms with van der Waals surface area (Å²) in [6.07, 6.45) is 6.55. The molecule has 0 aromatic heterocycles. The summed E-state index contributed by atoms with van der Waals surface area (Å²) in [4.78, 5) is 0. The minimum absolute atomic E-state index is 0.167. The quantitative estimate of drug-likeness (QED) is 0.168. The Morgan fingerprint density at radius 2 is 1.28 bits per heavy atom. The molecule has 2 aliphatic rings. The summed E-state index contributed by atoms with van der Waals surface area (Å²) in [6.45, 7) is 20.0. The van der Waals surface area contributed by atoms with Crippen LogP contribution in [0.5, 0.6) is 0 Å². The number of allylic oxidation sites excluding steroid dienone is 4. The van der Waals surface area contributed by atoms with Gasteiger partial charge >= 0.3 is 99.2 Å². The van der Waals surface area contributed by atoms with Crippen LogP contribution in [-0.2, 0) is 41.5 Å². The van der Waals surface area contributed by atoms with Crippen molar-refractivity contribution in [2.75, 3.05) is 0 Å². The van der Waals surface area contributed by atoms with Crippen molar-refractivity contribution in [3.8, 4) is 11.1 Å². The summed E-state index contributed by atoms with van der Waals surface area (Å²) in [5.74, 6) is 0.551. The Balaban J connectivity index is 0.000000165. The predicted molar refractivity (Wildman–Crippen MR) is 182 cm³/mol. The van der Waals surface area contributed by atoms with Gasteiger partial charge < -0.3 is 0 Å². The summed E-state index contributed by atoms with van der Waals surface area (Å²) >= 11 is 1.46. The van der Waals surface area contributed by atoms with Crippen molar-refractivity contribution in [1.29, 1.82) is 0 Å². The predicted octanol–water partition coefficient (Wildman–Crippen LogP) is 10.8. The third-order valence-electron chi connectivity index (χ3n) is 8.12. The average Bonchev–Trinajstić information content (AvgIpc) is 3.49. The van der Waals surface area contributed by atoms with Crippen LogP contribution in [0.25, 0.3) is 11.1 Å². The normalized spacial score (nSPS) is 15.2. The summed E-state index contributed by atoms with van der Waals surface area (Å²) in [6, 6.07) is 36.3. The number of rotatable bonds is 2. The molecule has 0 radical (unpaired) electrons. The van der Waals surface area contributed by atoms with E-state index in [0.29, 0.717) is 5.92 Å². The molecule has 218 valence electrons. The van der Waals surface area contributed by atoms with Gasteiger partial charge in [0.05, 0.1) is 0 Å². The molecule has 0 nitrogen and oxygen atoms in total. The van der Waals surface area contributed by atoms with Crippen LogP contribution in [0.1, 0.15) is 95.7 Å². The van der Waals surface area contributed by atoms with E-state index in [2.05, 4.69) is 172 Å². The average molecular weight is 642 g/mol. The maximum absolute atomic E-state index is 3.67. The van der Waals surface area contributed by atoms with Crippen molar-refractivity contribution in [2.45, 2.75) is 79.6 Å². The molecule has 1 heteroatoms. The SMILES string of the molecule is CC(C)(C)c1[c-]c2c(cc1)-c1ccc(C(C)(C)C)cc1C2.CC1=[C-]C(C)C=C1C.[Zr+2]=[C](c1ccccc1)c1ccccc1. The fourth-order valence-electron chi connectivity index (χ4n) is 5.40. The molecular weight excluding hydrogens is 596 g/mol. The number of hydrogen-bond acceptors (Lipinski definition) is 0. The van der Waals surface area contributed by atoms with Gasteiger partial charge in [0.25, 0.3) is 0 Å². The van der Waals surface area contributed by atoms with E-state index in [9.17, 15) is 0 Å². The second-order valence-electron chi connectivity index (χ2n) is 13.8. The Kier molecular flexibility index (Phi) is 10.6. The van der Waals surface area contributed by atoms with Crippen LogP contribution in [0.3, 0.4) is 0 Å². The van der Waals surface area contributed by atoms with Gasteiger partial charge in [0.15, 0.2) is 0 Å². The van der Waals surface area contributed by atoms with E-state index >= 15 is 0 Å². The van der Waals surface area contributed by atoms with Gasteiger partial charge in [-0.2, -0.15) is 29.8 Å². The van der Waals surface area contributed by atoms with Crippen LogP contribution < -0.4 is 0 Å². The summed E-state index contributed by atoms with van der Waals surface area (Å²) in [5.41, 5.74) is 14.1. The maximum atomic E-state index is 3.67. The van der Waals surface area contributed by atoms with Gasteiger partial charge in [-0.05, 0) is 28.4 Å². The molecule has 0 amide bonds. The molecule has 1 unspecified atom stereocenters. The first-order chi connectivity index (χ1) is 20.2. The molecule has 0 spiro atoms. The van der Waals surface area contributed by atoms with Crippen LogP contribution in [0, 0.1) is 18.1 Å². The first-order valence-corrected chi connectivity index (χ1v) is 16.6. The van der Waals surface area contributed by atoms with Gasteiger partial charge in [-0.3, -0.25) is 6.08 Å². The third-order valence-corrected chi connectivity index (χ3v) is 9.54. The Hall–Kier alpha value is -2.89. The molecule has 43 heavy (non-hydrogen) atoms. The Bertz CT molecular complexity index is 1500. The number of hydrogen-bond donors (Lipinski definition) is 0. The number of fused-ring (bicyclic) bond motifs is 3. The summed E-state index contributed by atoms with van der Waals surface area (Å²) in [7, 11) is 0. The molecule has 0 bridgehead atoms. The van der Waals surface area contributed by atoms with Crippen LogP contribution >= 0.6 is 0 Å². The molecule has 0 N–H and O–H groups in total. The van der Waals surface area contributed by atoms with Gasteiger partial charge in [-0.1, -0.05) is 85.1 Å². The topological polar surface area (TPSA) is 0 Å². The van der Waals surface area contributed by atoms with Gasteiger partial charge in [-0.25, -0.2) is 11.1 Å². The van der Waals surface area contributed by atoms with E-state index in [0.717, 1.165) is 6.42 Å². The van der Waals surface area contributed by atoms with Gasteiger partial charge in [-0.15, -0.1) is 18.1 Å². The molecule has 0 fully saturated rings. The zero-order valence-electron chi connectivity index (χ0n) is 27.5. The fourth-order valence-corrected chi connectivity index (χ4v) is 6.22. The molecule has 0 saturated heterocycles. The standard InChI is InChI=1S/C21H25.C13H10.C8H11.Zr/c1-20(2,3)16-7-9-18-14(12-16)11-15-13-17(21(4,5)6)8-10-19(15)18;1-3-7-12(8-4-1)11-13-9-5-2-6-10-13;1-6-4-7(2)8(3)5-6;/h7-10,12H,11H2,1-6H3;1-10H;4,6H,1-3H3;/q-1;;-1;+2. The second kappa shape index (κ2) is 13.8. The Morgan fingerprint density at radius 3 is 1.72 bits per heavy atom. The molecule has 0 aliphatic heterocycles. The van der Waals surface area contributed by atoms with Gasteiger partial charge in [0.2, 0.25) is 0 Å². The Labute approximate surface area is 276 Å². The van der Waals surface area contributed by atoms with Crippen molar-refractivity contribution < 1.29 is 24.2 Å². The van der Waals surface area contributed by atoms with Crippen molar-refractivity contribution in [1.82, 2.24) is 0 Å². The van der Waals surface area contributed by atoms with Crippen molar-refractivity contribution in [3.05, 3.63) is 154 Å². The van der Waals surface area contributed by atoms with Crippen molar-refractivity contribution >= 4 is 3.21 Å². The van der Waals surface area contributed by atoms with E-state index in [4.69, 9.17) is 0 Å². The molecular formula is C42H46Zr. The van der Waals surface area contributed by atoms with Crippen LogP contribution in [-0.4, -0.2) is 3.21 Å². The Morgan fingerprint density at radius 1 is 0.721 bits per heavy atom. The first kappa shape index (κ1) is 33.0. The van der Waals surface area contributed by atoms with E-state index in [1.165, 1.54) is 83.1 Å². The summed E-state index contributed by atoms with van der Waals surface area (Å²) in [5, 5.41) is 0. The van der Waals surface area contributed by atoms with E-state index < -0.39 is 0 Å². The molecule has 1 atom stereocenters. The fraction of sp³-hybridized carbons (Fsp3) is 0.310. The van der Waals surface area contributed by atoms with E-state index in [1.807, 2.05) is 0 Å². The third kappa shape index (κ3) is 8.61. The van der Waals surface area contributed by atoms with Crippen molar-refractivity contribution in [3.63, 3.8) is 0 Å². The second-order valence-corrected chi connectivity index (χ2v) is 15.1. The van der Waals surface area contributed by atoms with Crippen molar-refractivity contribution in [2.24, 2.45) is 5.92 Å². The molecule has 6 rings (SSSR count). The summed E-state index contributed by atoms with van der Waals surface area (Å²) < 4.78 is 1.42. The van der Waals surface area contributed by atoms with E-state index in [1.54, 1.807) is 0 Å². The van der Waals surface area contributed by atoms with E-state index in [-0.39, 0.29) is 10.8 Å². The minimum atomic E-state index is 0.167. The van der Waals surface area contributed by atoms with Crippen LogP contribution in [0.2, 0.25) is 0 Å². The molecule has 0 saturated carbocycles. The van der Waals surface area contributed by atoms with Crippen LogP contribution in [0.15, 0.2) is 108 Å². The first-order valence-electron chi connectivity index (χ1n) is 15.4. The molecule has 4 aromatic carbocycles. The molecule has 4 aromatic rings. The zero-order valence-corrected chi connectivity index (χ0v) is 30.0. The van der Waals surface area contributed by atoms with Crippen LogP contribution in [0.4, 0.5) is 0 Å².